The van der Waals surface area contributed by atoms with Gasteiger partial charge in [-0.25, -0.2) is 4.79 Å². The second-order valence-corrected chi connectivity index (χ2v) is 5.75. The molecule has 2 amide bonds. The van der Waals surface area contributed by atoms with E-state index in [4.69, 9.17) is 4.74 Å². The SMILES string of the molecule is CC(C)OC(=O)C(C)CNC(=O)Nc1cccc2ccccc12. The molecule has 0 radical (unpaired) electrons. The van der Waals surface area contributed by atoms with Crippen molar-refractivity contribution in [1.29, 1.82) is 0 Å². The number of benzene rings is 2. The van der Waals surface area contributed by atoms with Crippen molar-refractivity contribution >= 4 is 28.5 Å². The monoisotopic (exact) mass is 314 g/mol. The van der Waals surface area contributed by atoms with Crippen LogP contribution in [0.4, 0.5) is 10.5 Å². The Morgan fingerprint density at radius 2 is 1.74 bits per heavy atom. The van der Waals surface area contributed by atoms with E-state index in [0.717, 1.165) is 16.5 Å². The van der Waals surface area contributed by atoms with Crippen molar-refractivity contribution in [3.05, 3.63) is 42.5 Å². The molecule has 1 unspecified atom stereocenters. The number of rotatable bonds is 5. The summed E-state index contributed by atoms with van der Waals surface area (Å²) in [5, 5.41) is 7.54. The number of hydrogen-bond acceptors (Lipinski definition) is 3. The standard InChI is InChI=1S/C18H22N2O3/c1-12(2)23-17(21)13(3)11-19-18(22)20-16-10-6-8-14-7-4-5-9-15(14)16/h4-10,12-13H,11H2,1-3H3,(H2,19,20,22). The summed E-state index contributed by atoms with van der Waals surface area (Å²) in [7, 11) is 0. The Morgan fingerprint density at radius 3 is 2.48 bits per heavy atom. The van der Waals surface area contributed by atoms with Crippen LogP contribution in [0.2, 0.25) is 0 Å². The maximum Gasteiger partial charge on any atom is 0.319 e. The third kappa shape index (κ3) is 4.71. The summed E-state index contributed by atoms with van der Waals surface area (Å²) >= 11 is 0. The second-order valence-electron chi connectivity index (χ2n) is 5.75. The van der Waals surface area contributed by atoms with Gasteiger partial charge in [0.15, 0.2) is 0 Å². The van der Waals surface area contributed by atoms with Gasteiger partial charge in [-0.3, -0.25) is 4.79 Å². The fourth-order valence-corrected chi connectivity index (χ4v) is 2.18. The molecular formula is C18H22N2O3. The summed E-state index contributed by atoms with van der Waals surface area (Å²) in [5.74, 6) is -0.707. The normalized spacial score (nSPS) is 12.0. The number of amides is 2. The Bertz CT molecular complexity index is 692. The Morgan fingerprint density at radius 1 is 1.04 bits per heavy atom. The molecule has 5 heteroatoms. The molecule has 5 nitrogen and oxygen atoms in total. The van der Waals surface area contributed by atoms with Gasteiger partial charge in [-0.15, -0.1) is 0 Å². The summed E-state index contributed by atoms with van der Waals surface area (Å²) in [6.45, 7) is 5.54. The van der Waals surface area contributed by atoms with E-state index in [0.29, 0.717) is 0 Å². The topological polar surface area (TPSA) is 67.4 Å². The Hall–Kier alpha value is -2.56. The van der Waals surface area contributed by atoms with Crippen LogP contribution in [0.15, 0.2) is 42.5 Å². The van der Waals surface area contributed by atoms with E-state index in [1.54, 1.807) is 20.8 Å². The Labute approximate surface area is 136 Å². The second kappa shape index (κ2) is 7.63. The van der Waals surface area contributed by atoms with E-state index in [-0.39, 0.29) is 24.6 Å². The lowest BCUT2D eigenvalue weighted by Gasteiger charge is -2.15. The first-order chi connectivity index (χ1) is 11.0. The van der Waals surface area contributed by atoms with Gasteiger partial charge in [0.25, 0.3) is 0 Å². The molecule has 1 atom stereocenters. The van der Waals surface area contributed by atoms with Crippen molar-refractivity contribution < 1.29 is 14.3 Å². The number of nitrogens with one attached hydrogen (secondary N) is 2. The number of esters is 1. The number of anilines is 1. The molecule has 0 heterocycles. The minimum atomic E-state index is -0.393. The number of urea groups is 1. The predicted octanol–water partition coefficient (Wildman–Crippen LogP) is 3.55. The summed E-state index contributed by atoms with van der Waals surface area (Å²) in [6.07, 6.45) is -0.158. The van der Waals surface area contributed by atoms with Crippen molar-refractivity contribution in [2.75, 3.05) is 11.9 Å². The van der Waals surface area contributed by atoms with Crippen LogP contribution in [0.25, 0.3) is 10.8 Å². The maximum atomic E-state index is 12.0. The Balaban J connectivity index is 1.93. The van der Waals surface area contributed by atoms with E-state index in [1.807, 2.05) is 42.5 Å². The molecule has 2 aromatic rings. The number of fused-ring (bicyclic) bond motifs is 1. The summed E-state index contributed by atoms with van der Waals surface area (Å²) in [6, 6.07) is 13.2. The Kier molecular flexibility index (Phi) is 5.57. The van der Waals surface area contributed by atoms with Crippen LogP contribution in [0.5, 0.6) is 0 Å². The first-order valence-electron chi connectivity index (χ1n) is 7.70. The number of ether oxygens (including phenoxy) is 1. The molecule has 2 aromatic carbocycles. The van der Waals surface area contributed by atoms with Gasteiger partial charge in [0, 0.05) is 11.9 Å². The van der Waals surface area contributed by atoms with Crippen molar-refractivity contribution in [3.8, 4) is 0 Å². The van der Waals surface area contributed by atoms with Crippen molar-refractivity contribution in [2.24, 2.45) is 5.92 Å². The van der Waals surface area contributed by atoms with Crippen LogP contribution in [-0.2, 0) is 9.53 Å². The molecular weight excluding hydrogens is 292 g/mol. The van der Waals surface area contributed by atoms with Crippen LogP contribution >= 0.6 is 0 Å². The minimum absolute atomic E-state index is 0.158. The van der Waals surface area contributed by atoms with E-state index >= 15 is 0 Å². The third-order valence-corrected chi connectivity index (χ3v) is 3.36. The maximum absolute atomic E-state index is 12.0. The summed E-state index contributed by atoms with van der Waals surface area (Å²) in [5.41, 5.74) is 0.734. The molecule has 2 N–H and O–H groups in total. The molecule has 0 bridgehead atoms. The third-order valence-electron chi connectivity index (χ3n) is 3.36. The van der Waals surface area contributed by atoms with Crippen LogP contribution in [0.1, 0.15) is 20.8 Å². The molecule has 0 saturated carbocycles. The number of hydrogen-bond donors (Lipinski definition) is 2. The average molecular weight is 314 g/mol. The minimum Gasteiger partial charge on any atom is -0.463 e. The quantitative estimate of drug-likeness (QED) is 0.829. The molecule has 0 aliphatic rings. The highest BCUT2D eigenvalue weighted by Gasteiger charge is 2.16. The largest absolute Gasteiger partial charge is 0.463 e. The number of carbonyl (C=O) groups is 2. The predicted molar refractivity (Wildman–Crippen MR) is 91.4 cm³/mol. The van der Waals surface area contributed by atoms with Gasteiger partial charge in [0.05, 0.1) is 17.7 Å². The van der Waals surface area contributed by atoms with Crippen LogP contribution in [0.3, 0.4) is 0 Å². The average Bonchev–Trinajstić information content (AvgIpc) is 2.52. The lowest BCUT2D eigenvalue weighted by Crippen LogP contribution is -2.35. The fourth-order valence-electron chi connectivity index (χ4n) is 2.18. The summed E-state index contributed by atoms with van der Waals surface area (Å²) < 4.78 is 5.11. The van der Waals surface area contributed by atoms with Crippen molar-refractivity contribution in [1.82, 2.24) is 5.32 Å². The lowest BCUT2D eigenvalue weighted by molar-refractivity contribution is -0.151. The van der Waals surface area contributed by atoms with Crippen LogP contribution in [0, 0.1) is 5.92 Å². The first kappa shape index (κ1) is 16.8. The van der Waals surface area contributed by atoms with E-state index in [1.165, 1.54) is 0 Å². The molecule has 0 spiro atoms. The molecule has 0 aromatic heterocycles. The molecule has 122 valence electrons. The van der Waals surface area contributed by atoms with Crippen LogP contribution in [-0.4, -0.2) is 24.6 Å². The van der Waals surface area contributed by atoms with E-state index in [2.05, 4.69) is 10.6 Å². The first-order valence-corrected chi connectivity index (χ1v) is 7.70. The molecule has 0 saturated heterocycles. The summed E-state index contributed by atoms with van der Waals surface area (Å²) in [4.78, 5) is 23.7. The van der Waals surface area contributed by atoms with Gasteiger partial charge < -0.3 is 15.4 Å². The van der Waals surface area contributed by atoms with E-state index in [9.17, 15) is 9.59 Å². The van der Waals surface area contributed by atoms with Gasteiger partial charge in [-0.2, -0.15) is 0 Å². The number of carbonyl (C=O) groups excluding carboxylic acids is 2. The molecule has 0 fully saturated rings. The highest BCUT2D eigenvalue weighted by molar-refractivity contribution is 6.01. The van der Waals surface area contributed by atoms with Crippen molar-refractivity contribution in [2.45, 2.75) is 26.9 Å². The molecule has 0 aliphatic carbocycles. The van der Waals surface area contributed by atoms with Gasteiger partial charge in [0.1, 0.15) is 0 Å². The van der Waals surface area contributed by atoms with Crippen molar-refractivity contribution in [3.63, 3.8) is 0 Å². The van der Waals surface area contributed by atoms with Gasteiger partial charge >= 0.3 is 12.0 Å². The van der Waals surface area contributed by atoms with Gasteiger partial charge in [0.2, 0.25) is 0 Å². The zero-order valence-electron chi connectivity index (χ0n) is 13.6. The van der Waals surface area contributed by atoms with Crippen LogP contribution < -0.4 is 10.6 Å². The highest BCUT2D eigenvalue weighted by Crippen LogP contribution is 2.22. The zero-order valence-corrected chi connectivity index (χ0v) is 13.6. The molecule has 23 heavy (non-hydrogen) atoms. The highest BCUT2D eigenvalue weighted by atomic mass is 16.5. The molecule has 2 rings (SSSR count). The fraction of sp³-hybridized carbons (Fsp3) is 0.333. The smallest absolute Gasteiger partial charge is 0.319 e. The zero-order chi connectivity index (χ0) is 16.8. The van der Waals surface area contributed by atoms with Gasteiger partial charge in [-0.05, 0) is 25.3 Å². The van der Waals surface area contributed by atoms with Gasteiger partial charge in [-0.1, -0.05) is 43.3 Å². The van der Waals surface area contributed by atoms with E-state index < -0.39 is 5.92 Å². The lowest BCUT2D eigenvalue weighted by atomic mass is 10.1. The molecule has 0 aliphatic heterocycles.